The van der Waals surface area contributed by atoms with Crippen LogP contribution in [-0.4, -0.2) is 51.4 Å². The summed E-state index contributed by atoms with van der Waals surface area (Å²) < 4.78 is 20.4. The molecule has 0 aromatic carbocycles. The lowest BCUT2D eigenvalue weighted by Gasteiger charge is -2.07. The number of carbonyl (C=O) groups excluding carboxylic acids is 1. The Labute approximate surface area is 127 Å². The highest BCUT2D eigenvalue weighted by Gasteiger charge is 1.99. The minimum atomic E-state index is -1.20. The molecule has 0 spiro atoms. The molecule has 20 heavy (non-hydrogen) atoms. The summed E-state index contributed by atoms with van der Waals surface area (Å²) in [5, 5.41) is 0. The van der Waals surface area contributed by atoms with Gasteiger partial charge in [0, 0.05) is 25.9 Å². The standard InChI is InChI=1S/C8H16O3Si.C5H14O2Si/c1-3-8(9)10-6-5-7-12-11-4-2;1-4-6-8(3)7-5-2/h3H,1,4-7,12H2,2H3;8H,4-5H2,1-3H3. The molecule has 0 saturated carbocycles. The Morgan fingerprint density at radius 2 is 1.80 bits per heavy atom. The molecule has 0 unspecified atom stereocenters. The molecule has 0 bridgehead atoms. The van der Waals surface area contributed by atoms with Crippen LogP contribution < -0.4 is 0 Å². The monoisotopic (exact) mass is 322 g/mol. The van der Waals surface area contributed by atoms with Crippen LogP contribution in [0.3, 0.4) is 0 Å². The summed E-state index contributed by atoms with van der Waals surface area (Å²) in [5.74, 6) is -0.340. The first-order valence-corrected chi connectivity index (χ1v) is 10.9. The van der Waals surface area contributed by atoms with Gasteiger partial charge < -0.3 is 18.0 Å². The van der Waals surface area contributed by atoms with E-state index in [1.165, 1.54) is 6.08 Å². The number of rotatable bonds is 11. The van der Waals surface area contributed by atoms with Crippen LogP contribution in [0.4, 0.5) is 0 Å². The van der Waals surface area contributed by atoms with Crippen LogP contribution >= 0.6 is 0 Å². The molecule has 120 valence electrons. The third-order valence-electron chi connectivity index (χ3n) is 2.10. The minimum Gasteiger partial charge on any atom is -0.463 e. The first kappa shape index (κ1) is 21.8. The van der Waals surface area contributed by atoms with Crippen molar-refractivity contribution >= 4 is 25.0 Å². The molecule has 0 saturated heterocycles. The van der Waals surface area contributed by atoms with Gasteiger partial charge in [-0.3, -0.25) is 0 Å². The molecule has 0 amide bonds. The van der Waals surface area contributed by atoms with Gasteiger partial charge in [-0.2, -0.15) is 0 Å². The Morgan fingerprint density at radius 1 is 1.20 bits per heavy atom. The van der Waals surface area contributed by atoms with Gasteiger partial charge in [-0.1, -0.05) is 6.58 Å². The molecular weight excluding hydrogens is 292 g/mol. The Bertz CT molecular complexity index is 221. The van der Waals surface area contributed by atoms with Crippen molar-refractivity contribution in [2.24, 2.45) is 0 Å². The molecule has 0 atom stereocenters. The fourth-order valence-corrected chi connectivity index (χ4v) is 3.14. The van der Waals surface area contributed by atoms with E-state index in [2.05, 4.69) is 6.58 Å². The fraction of sp³-hybridized carbons (Fsp3) is 0.769. The van der Waals surface area contributed by atoms with Crippen LogP contribution in [0.5, 0.6) is 0 Å². The molecule has 0 aliphatic heterocycles. The smallest absolute Gasteiger partial charge is 0.330 e. The molecule has 0 heterocycles. The largest absolute Gasteiger partial charge is 0.463 e. The summed E-state index contributed by atoms with van der Waals surface area (Å²) in [6, 6.07) is 1.07. The molecule has 0 N–H and O–H groups in total. The van der Waals surface area contributed by atoms with Crippen LogP contribution in [0.2, 0.25) is 12.6 Å². The number of hydrogen-bond acceptors (Lipinski definition) is 5. The van der Waals surface area contributed by atoms with Gasteiger partial charge in [0.05, 0.1) is 6.61 Å². The third-order valence-corrected chi connectivity index (χ3v) is 5.19. The average molecular weight is 323 g/mol. The minimum absolute atomic E-state index is 0.340. The molecular formula is C13H30O5Si2. The van der Waals surface area contributed by atoms with Crippen molar-refractivity contribution in [3.8, 4) is 0 Å². The summed E-state index contributed by atoms with van der Waals surface area (Å²) >= 11 is 0. The zero-order valence-electron chi connectivity index (χ0n) is 13.4. The number of ether oxygens (including phenoxy) is 1. The Morgan fingerprint density at radius 3 is 2.25 bits per heavy atom. The molecule has 0 aromatic rings. The van der Waals surface area contributed by atoms with E-state index in [-0.39, 0.29) is 15.7 Å². The predicted molar refractivity (Wildman–Crippen MR) is 87.0 cm³/mol. The molecule has 0 fully saturated rings. The number of carbonyl (C=O) groups is 1. The van der Waals surface area contributed by atoms with Crippen molar-refractivity contribution < 1.29 is 22.8 Å². The van der Waals surface area contributed by atoms with Gasteiger partial charge in [0.1, 0.15) is 0 Å². The molecule has 0 radical (unpaired) electrons. The average Bonchev–Trinajstić information content (AvgIpc) is 2.43. The summed E-state index contributed by atoms with van der Waals surface area (Å²) in [4.78, 5) is 10.5. The van der Waals surface area contributed by atoms with E-state index >= 15 is 0 Å². The van der Waals surface area contributed by atoms with Crippen molar-refractivity contribution in [1.29, 1.82) is 0 Å². The molecule has 5 nitrogen and oxygen atoms in total. The molecule has 0 aliphatic rings. The second-order valence-electron chi connectivity index (χ2n) is 3.75. The SMILES string of the molecule is C=CC(=O)OCCC[SiH2]OCC.CCO[SiH](C)OCC. The predicted octanol–water partition coefficient (Wildman–Crippen LogP) is 1.55. The van der Waals surface area contributed by atoms with Crippen LogP contribution in [0.15, 0.2) is 12.7 Å². The van der Waals surface area contributed by atoms with Crippen molar-refractivity contribution in [2.75, 3.05) is 26.4 Å². The van der Waals surface area contributed by atoms with Gasteiger partial charge in [-0.15, -0.1) is 0 Å². The maximum absolute atomic E-state index is 10.5. The van der Waals surface area contributed by atoms with Gasteiger partial charge in [-0.25, -0.2) is 4.79 Å². The Kier molecular flexibility index (Phi) is 20.2. The first-order chi connectivity index (χ1) is 9.62. The highest BCUT2D eigenvalue weighted by atomic mass is 28.3. The lowest BCUT2D eigenvalue weighted by Crippen LogP contribution is -2.17. The van der Waals surface area contributed by atoms with E-state index in [0.717, 1.165) is 32.3 Å². The normalized spacial score (nSPS) is 10.4. The van der Waals surface area contributed by atoms with Gasteiger partial charge in [0.2, 0.25) is 0 Å². The van der Waals surface area contributed by atoms with E-state index in [0.29, 0.717) is 6.61 Å². The van der Waals surface area contributed by atoms with Crippen LogP contribution in [0.25, 0.3) is 0 Å². The summed E-state index contributed by atoms with van der Waals surface area (Å²) in [7, 11) is -1.56. The van der Waals surface area contributed by atoms with Gasteiger partial charge in [0.25, 0.3) is 0 Å². The zero-order chi connectivity index (χ0) is 15.6. The molecule has 7 heteroatoms. The molecule has 0 aromatic heterocycles. The lowest BCUT2D eigenvalue weighted by molar-refractivity contribution is -0.137. The summed E-state index contributed by atoms with van der Waals surface area (Å²) in [6.07, 6.45) is 2.09. The second-order valence-corrected chi connectivity index (χ2v) is 7.08. The highest BCUT2D eigenvalue weighted by molar-refractivity contribution is 6.42. The van der Waals surface area contributed by atoms with E-state index in [4.69, 9.17) is 18.0 Å². The third kappa shape index (κ3) is 19.9. The van der Waals surface area contributed by atoms with Crippen LogP contribution in [0, 0.1) is 0 Å². The second kappa shape index (κ2) is 18.5. The van der Waals surface area contributed by atoms with E-state index in [1.54, 1.807) is 0 Å². The maximum atomic E-state index is 10.5. The summed E-state index contributed by atoms with van der Waals surface area (Å²) in [5.41, 5.74) is 0. The van der Waals surface area contributed by atoms with E-state index < -0.39 is 9.28 Å². The fourth-order valence-electron chi connectivity index (χ4n) is 1.20. The van der Waals surface area contributed by atoms with Crippen molar-refractivity contribution in [1.82, 2.24) is 0 Å². The lowest BCUT2D eigenvalue weighted by atomic mass is 10.5. The Hall–Kier alpha value is -0.476. The molecule has 0 rings (SSSR count). The van der Waals surface area contributed by atoms with Crippen LogP contribution in [-0.2, 0) is 22.8 Å². The van der Waals surface area contributed by atoms with Crippen molar-refractivity contribution in [2.45, 2.75) is 39.8 Å². The van der Waals surface area contributed by atoms with E-state index in [9.17, 15) is 4.79 Å². The van der Waals surface area contributed by atoms with Crippen molar-refractivity contribution in [3.05, 3.63) is 12.7 Å². The topological polar surface area (TPSA) is 54.0 Å². The van der Waals surface area contributed by atoms with Gasteiger partial charge in [0.15, 0.2) is 9.76 Å². The number of esters is 1. The van der Waals surface area contributed by atoms with Crippen molar-refractivity contribution in [3.63, 3.8) is 0 Å². The van der Waals surface area contributed by atoms with Gasteiger partial charge in [-0.05, 0) is 39.8 Å². The number of hydrogen-bond donors (Lipinski definition) is 0. The van der Waals surface area contributed by atoms with Crippen LogP contribution in [0.1, 0.15) is 27.2 Å². The maximum Gasteiger partial charge on any atom is 0.330 e. The quantitative estimate of drug-likeness (QED) is 0.250. The summed E-state index contributed by atoms with van der Waals surface area (Å²) in [6.45, 7) is 14.2. The highest BCUT2D eigenvalue weighted by Crippen LogP contribution is 1.91. The van der Waals surface area contributed by atoms with Gasteiger partial charge >= 0.3 is 15.3 Å². The Balaban J connectivity index is 0. The molecule has 0 aliphatic carbocycles. The zero-order valence-corrected chi connectivity index (χ0v) is 15.9. The first-order valence-electron chi connectivity index (χ1n) is 7.22. The van der Waals surface area contributed by atoms with E-state index in [1.807, 2.05) is 27.3 Å².